The Morgan fingerprint density at radius 1 is 1.07 bits per heavy atom. The van der Waals surface area contributed by atoms with Crippen LogP contribution >= 0.6 is 22.7 Å². The number of hydrogen-bond donors (Lipinski definition) is 1. The molecule has 9 heteroatoms. The largest absolute Gasteiger partial charge is 0.454 e. The molecule has 3 aromatic rings. The summed E-state index contributed by atoms with van der Waals surface area (Å²) in [6.45, 7) is 5.11. The van der Waals surface area contributed by atoms with Gasteiger partial charge in [0, 0.05) is 43.3 Å². The molecule has 0 unspecified atom stereocenters. The van der Waals surface area contributed by atoms with Crippen molar-refractivity contribution in [1.29, 1.82) is 0 Å². The molecule has 1 N–H and O–H groups in total. The minimum absolute atomic E-state index is 0.0113. The van der Waals surface area contributed by atoms with Gasteiger partial charge in [0.2, 0.25) is 12.7 Å². The Morgan fingerprint density at radius 2 is 1.90 bits per heavy atom. The van der Waals surface area contributed by atoms with E-state index in [4.69, 9.17) is 14.5 Å². The highest BCUT2D eigenvalue weighted by molar-refractivity contribution is 7.14. The highest BCUT2D eigenvalue weighted by atomic mass is 32.1. The molecule has 0 saturated carbocycles. The van der Waals surface area contributed by atoms with Gasteiger partial charge in [-0.2, -0.15) is 0 Å². The molecule has 0 atom stereocenters. The van der Waals surface area contributed by atoms with E-state index in [1.165, 1.54) is 4.88 Å². The average Bonchev–Trinajstić information content (AvgIpc) is 3.50. The molecule has 1 saturated heterocycles. The number of hydrogen-bond acceptors (Lipinski definition) is 8. The second-order valence-corrected chi connectivity index (χ2v) is 9.16. The Hall–Kier alpha value is -2.46. The zero-order valence-corrected chi connectivity index (χ0v) is 18.0. The van der Waals surface area contributed by atoms with Gasteiger partial charge in [-0.1, -0.05) is 6.07 Å². The number of carbonyl (C=O) groups excluding carboxylic acids is 1. The first-order valence-electron chi connectivity index (χ1n) is 9.85. The van der Waals surface area contributed by atoms with Crippen LogP contribution in [0.2, 0.25) is 0 Å². The number of piperazine rings is 1. The Balaban J connectivity index is 1.08. The van der Waals surface area contributed by atoms with Gasteiger partial charge < -0.3 is 14.8 Å². The van der Waals surface area contributed by atoms with Crippen molar-refractivity contribution in [3.63, 3.8) is 0 Å². The molecule has 5 rings (SSSR count). The molecule has 2 aromatic heterocycles. The third-order valence-corrected chi connectivity index (χ3v) is 6.90. The molecule has 156 valence electrons. The maximum Gasteiger partial charge on any atom is 0.238 e. The lowest BCUT2D eigenvalue weighted by molar-refractivity contribution is -0.117. The molecular formula is C21H22N4O3S2. The Bertz CT molecular complexity index is 1010. The van der Waals surface area contributed by atoms with E-state index in [0.29, 0.717) is 18.0 Å². The van der Waals surface area contributed by atoms with Gasteiger partial charge >= 0.3 is 0 Å². The van der Waals surface area contributed by atoms with Crippen molar-refractivity contribution in [2.75, 3.05) is 44.8 Å². The summed E-state index contributed by atoms with van der Waals surface area (Å²) in [6.07, 6.45) is 0. The summed E-state index contributed by atoms with van der Waals surface area (Å²) >= 11 is 3.44. The minimum atomic E-state index is -0.0113. The summed E-state index contributed by atoms with van der Waals surface area (Å²) in [7, 11) is 0. The number of thiophene rings is 1. The highest BCUT2D eigenvalue weighted by Crippen LogP contribution is 2.34. The summed E-state index contributed by atoms with van der Waals surface area (Å²) in [5.41, 5.74) is 1.80. The van der Waals surface area contributed by atoms with Gasteiger partial charge in [0.05, 0.1) is 23.7 Å². The second kappa shape index (κ2) is 8.73. The first-order chi connectivity index (χ1) is 14.7. The number of anilines is 1. The van der Waals surface area contributed by atoms with Crippen LogP contribution in [0.3, 0.4) is 0 Å². The van der Waals surface area contributed by atoms with E-state index in [0.717, 1.165) is 49.1 Å². The number of benzene rings is 1. The number of aromatic nitrogens is 1. The smallest absolute Gasteiger partial charge is 0.238 e. The van der Waals surface area contributed by atoms with E-state index in [2.05, 4.69) is 38.0 Å². The molecule has 1 fully saturated rings. The normalized spacial score (nSPS) is 16.7. The van der Waals surface area contributed by atoms with Crippen LogP contribution in [0.1, 0.15) is 5.01 Å². The third-order valence-electron chi connectivity index (χ3n) is 5.17. The summed E-state index contributed by atoms with van der Waals surface area (Å²) in [5, 5.41) is 8.31. The van der Waals surface area contributed by atoms with Gasteiger partial charge in [-0.15, -0.1) is 22.7 Å². The average molecular weight is 443 g/mol. The van der Waals surface area contributed by atoms with E-state index in [-0.39, 0.29) is 12.7 Å². The Labute approximate surface area is 182 Å². The summed E-state index contributed by atoms with van der Waals surface area (Å²) in [6, 6.07) is 9.62. The van der Waals surface area contributed by atoms with Crippen molar-refractivity contribution < 1.29 is 14.3 Å². The van der Waals surface area contributed by atoms with Crippen molar-refractivity contribution in [2.24, 2.45) is 0 Å². The number of amides is 1. The number of fused-ring (bicyclic) bond motifs is 1. The maximum absolute atomic E-state index is 12.4. The van der Waals surface area contributed by atoms with E-state index >= 15 is 0 Å². The molecule has 0 aliphatic carbocycles. The quantitative estimate of drug-likeness (QED) is 0.632. The topological polar surface area (TPSA) is 66.9 Å². The van der Waals surface area contributed by atoms with Crippen molar-refractivity contribution in [3.8, 4) is 22.1 Å². The van der Waals surface area contributed by atoms with Gasteiger partial charge in [0.15, 0.2) is 11.5 Å². The van der Waals surface area contributed by atoms with Crippen molar-refractivity contribution in [1.82, 2.24) is 14.8 Å². The van der Waals surface area contributed by atoms with Crippen LogP contribution in [-0.4, -0.2) is 60.2 Å². The number of nitrogens with zero attached hydrogens (tertiary/aromatic N) is 3. The van der Waals surface area contributed by atoms with Crippen LogP contribution in [-0.2, 0) is 11.3 Å². The fraction of sp³-hybridized carbons (Fsp3) is 0.333. The number of ether oxygens (including phenoxy) is 2. The number of carbonyl (C=O) groups is 1. The number of nitrogens with one attached hydrogen (secondary N) is 1. The summed E-state index contributed by atoms with van der Waals surface area (Å²) in [4.78, 5) is 23.0. The lowest BCUT2D eigenvalue weighted by Gasteiger charge is -2.33. The maximum atomic E-state index is 12.4. The standard InChI is InChI=1S/C21H22N4O3S2/c26-20(22-15-3-4-17-18(10-15)28-14-27-17)11-24-5-7-25(8-6-24)12-21-23-16(13-30-21)19-2-1-9-29-19/h1-4,9-10,13H,5-8,11-12,14H2,(H,22,26). The van der Waals surface area contributed by atoms with Crippen LogP contribution in [0.15, 0.2) is 41.1 Å². The van der Waals surface area contributed by atoms with Gasteiger partial charge in [0.25, 0.3) is 0 Å². The molecule has 4 heterocycles. The molecule has 2 aliphatic heterocycles. The zero-order chi connectivity index (χ0) is 20.3. The lowest BCUT2D eigenvalue weighted by Crippen LogP contribution is -2.48. The molecule has 2 aliphatic rings. The molecular weight excluding hydrogens is 420 g/mol. The van der Waals surface area contributed by atoms with Crippen molar-refractivity contribution in [3.05, 3.63) is 46.1 Å². The first-order valence-corrected chi connectivity index (χ1v) is 11.6. The monoisotopic (exact) mass is 442 g/mol. The predicted molar refractivity (Wildman–Crippen MR) is 118 cm³/mol. The predicted octanol–water partition coefficient (Wildman–Crippen LogP) is 3.36. The Morgan fingerprint density at radius 3 is 2.73 bits per heavy atom. The zero-order valence-electron chi connectivity index (χ0n) is 16.4. The van der Waals surface area contributed by atoms with Crippen LogP contribution < -0.4 is 14.8 Å². The van der Waals surface area contributed by atoms with Gasteiger partial charge in [-0.3, -0.25) is 14.6 Å². The van der Waals surface area contributed by atoms with Crippen molar-refractivity contribution in [2.45, 2.75) is 6.54 Å². The van der Waals surface area contributed by atoms with Crippen LogP contribution in [0.25, 0.3) is 10.6 Å². The van der Waals surface area contributed by atoms with E-state index in [9.17, 15) is 4.79 Å². The molecule has 1 amide bonds. The molecule has 1 aromatic carbocycles. The van der Waals surface area contributed by atoms with Gasteiger partial charge in [-0.05, 0) is 23.6 Å². The fourth-order valence-corrected chi connectivity index (χ4v) is 5.19. The summed E-state index contributed by atoms with van der Waals surface area (Å²) in [5.74, 6) is 1.38. The van der Waals surface area contributed by atoms with Crippen LogP contribution in [0, 0.1) is 0 Å². The van der Waals surface area contributed by atoms with Crippen LogP contribution in [0.5, 0.6) is 11.5 Å². The molecule has 0 spiro atoms. The highest BCUT2D eigenvalue weighted by Gasteiger charge is 2.21. The van der Waals surface area contributed by atoms with Gasteiger partial charge in [0.1, 0.15) is 5.01 Å². The third kappa shape index (κ3) is 4.49. The van der Waals surface area contributed by atoms with Crippen LogP contribution in [0.4, 0.5) is 5.69 Å². The lowest BCUT2D eigenvalue weighted by atomic mass is 10.2. The molecule has 30 heavy (non-hydrogen) atoms. The Kier molecular flexibility index (Phi) is 5.67. The molecule has 0 bridgehead atoms. The molecule has 7 nitrogen and oxygen atoms in total. The van der Waals surface area contributed by atoms with Gasteiger partial charge in [-0.25, -0.2) is 4.98 Å². The molecule has 0 radical (unpaired) electrons. The number of rotatable bonds is 6. The second-order valence-electron chi connectivity index (χ2n) is 7.27. The number of thiazole rings is 1. The summed E-state index contributed by atoms with van der Waals surface area (Å²) < 4.78 is 10.7. The van der Waals surface area contributed by atoms with E-state index in [1.807, 2.05) is 12.1 Å². The van der Waals surface area contributed by atoms with E-state index in [1.54, 1.807) is 28.7 Å². The van der Waals surface area contributed by atoms with E-state index < -0.39 is 0 Å². The minimum Gasteiger partial charge on any atom is -0.454 e. The SMILES string of the molecule is O=C(CN1CCN(Cc2nc(-c3cccs3)cs2)CC1)Nc1ccc2c(c1)OCO2. The van der Waals surface area contributed by atoms with Crippen molar-refractivity contribution >= 4 is 34.3 Å². The first kappa shape index (κ1) is 19.5. The fourth-order valence-electron chi connectivity index (χ4n) is 3.60.